The van der Waals surface area contributed by atoms with E-state index in [0.717, 1.165) is 52.3 Å². The van der Waals surface area contributed by atoms with Crippen LogP contribution in [-0.2, 0) is 6.54 Å². The van der Waals surface area contributed by atoms with Crippen molar-refractivity contribution in [3.05, 3.63) is 64.4 Å². The topological polar surface area (TPSA) is 73.9 Å². The maximum absolute atomic E-state index is 13.7. The van der Waals surface area contributed by atoms with Crippen molar-refractivity contribution in [2.24, 2.45) is 0 Å². The molecule has 0 amide bonds. The number of aromatic nitrogens is 6. The van der Waals surface area contributed by atoms with E-state index in [9.17, 15) is 8.78 Å². The molecular formula is C27H28BrF2N7O. The molecule has 0 bridgehead atoms. The van der Waals surface area contributed by atoms with E-state index in [1.165, 1.54) is 0 Å². The maximum atomic E-state index is 13.7. The number of alkyl halides is 2. The lowest BCUT2D eigenvalue weighted by Crippen LogP contribution is -2.39. The summed E-state index contributed by atoms with van der Waals surface area (Å²) in [5.74, 6) is -0.654. The van der Waals surface area contributed by atoms with Crippen molar-refractivity contribution in [3.8, 4) is 23.1 Å². The van der Waals surface area contributed by atoms with Gasteiger partial charge in [-0.2, -0.15) is 0 Å². The van der Waals surface area contributed by atoms with Crippen molar-refractivity contribution in [1.29, 1.82) is 0 Å². The van der Waals surface area contributed by atoms with E-state index in [2.05, 4.69) is 27.0 Å². The molecule has 0 aliphatic carbocycles. The number of hydrogen-bond donors (Lipinski definition) is 0. The highest BCUT2D eigenvalue weighted by molar-refractivity contribution is 9.10. The second-order valence-electron chi connectivity index (χ2n) is 9.91. The molecule has 3 aromatic heterocycles. The third-order valence-electron chi connectivity index (χ3n) is 7.34. The van der Waals surface area contributed by atoms with Crippen molar-refractivity contribution in [3.63, 3.8) is 0 Å². The number of methoxy groups -OCH3 is 1. The van der Waals surface area contributed by atoms with Crippen molar-refractivity contribution < 1.29 is 13.5 Å². The first-order chi connectivity index (χ1) is 18.3. The minimum Gasteiger partial charge on any atom is -0.479 e. The van der Waals surface area contributed by atoms with Crippen molar-refractivity contribution in [2.45, 2.75) is 51.0 Å². The van der Waals surface area contributed by atoms with E-state index in [4.69, 9.17) is 19.8 Å². The van der Waals surface area contributed by atoms with Crippen LogP contribution in [0, 0.1) is 6.92 Å². The molecule has 2 aliphatic rings. The number of piperidine rings is 1. The fourth-order valence-electron chi connectivity index (χ4n) is 5.30. The monoisotopic (exact) mass is 583 g/mol. The van der Waals surface area contributed by atoms with Gasteiger partial charge in [0.2, 0.25) is 5.88 Å². The Balaban J connectivity index is 1.32. The molecule has 1 atom stereocenters. The van der Waals surface area contributed by atoms with Crippen molar-refractivity contribution >= 4 is 21.6 Å². The molecule has 0 saturated carbocycles. The SMILES string of the molecule is COc1nc(-c2nc3n(n2)CCC[C@H]3c2cc(N3CCC(F)(F)CC3)ccc2Br)ccc1-n1cnc(C)c1. The number of halogens is 3. The smallest absolute Gasteiger partial charge is 0.251 e. The van der Waals surface area contributed by atoms with Gasteiger partial charge < -0.3 is 14.2 Å². The fourth-order valence-corrected chi connectivity index (χ4v) is 5.82. The Kier molecular flexibility index (Phi) is 6.41. The summed E-state index contributed by atoms with van der Waals surface area (Å²) in [6.07, 6.45) is 5.30. The number of aryl methyl sites for hydroxylation is 2. The van der Waals surface area contributed by atoms with E-state index < -0.39 is 5.92 Å². The van der Waals surface area contributed by atoms with Crippen LogP contribution in [0.4, 0.5) is 14.5 Å². The highest BCUT2D eigenvalue weighted by Gasteiger charge is 2.35. The summed E-state index contributed by atoms with van der Waals surface area (Å²) < 4.78 is 37.8. The van der Waals surface area contributed by atoms with Crippen LogP contribution in [0.1, 0.15) is 48.7 Å². The van der Waals surface area contributed by atoms with Gasteiger partial charge in [-0.05, 0) is 55.7 Å². The van der Waals surface area contributed by atoms with Crippen LogP contribution >= 0.6 is 15.9 Å². The molecule has 0 radical (unpaired) electrons. The highest BCUT2D eigenvalue weighted by atomic mass is 79.9. The quantitative estimate of drug-likeness (QED) is 0.297. The summed E-state index contributed by atoms with van der Waals surface area (Å²) in [6.45, 7) is 3.41. The Morgan fingerprint density at radius 3 is 2.63 bits per heavy atom. The lowest BCUT2D eigenvalue weighted by atomic mass is 9.90. The largest absolute Gasteiger partial charge is 0.479 e. The van der Waals surface area contributed by atoms with Crippen LogP contribution in [0.15, 0.2) is 47.3 Å². The molecule has 198 valence electrons. The number of nitrogens with zero attached hydrogens (tertiary/aromatic N) is 7. The average molecular weight is 584 g/mol. The fraction of sp³-hybridized carbons (Fsp3) is 0.407. The van der Waals surface area contributed by atoms with E-state index in [0.29, 0.717) is 30.5 Å². The molecule has 38 heavy (non-hydrogen) atoms. The molecule has 1 fully saturated rings. The first-order valence-corrected chi connectivity index (χ1v) is 13.5. The molecule has 11 heteroatoms. The van der Waals surface area contributed by atoms with E-state index in [-0.39, 0.29) is 18.8 Å². The zero-order valence-electron chi connectivity index (χ0n) is 21.2. The third-order valence-corrected chi connectivity index (χ3v) is 8.06. The van der Waals surface area contributed by atoms with Crippen LogP contribution in [0.25, 0.3) is 17.2 Å². The van der Waals surface area contributed by atoms with Crippen molar-refractivity contribution in [2.75, 3.05) is 25.1 Å². The molecule has 0 N–H and O–H groups in total. The van der Waals surface area contributed by atoms with Crippen LogP contribution in [0.5, 0.6) is 5.88 Å². The number of anilines is 1. The Morgan fingerprint density at radius 1 is 1.08 bits per heavy atom. The Morgan fingerprint density at radius 2 is 1.89 bits per heavy atom. The molecule has 8 nitrogen and oxygen atoms in total. The van der Waals surface area contributed by atoms with Crippen LogP contribution in [0.3, 0.4) is 0 Å². The molecule has 1 saturated heterocycles. The molecule has 1 aromatic carbocycles. The summed E-state index contributed by atoms with van der Waals surface area (Å²) in [7, 11) is 1.59. The Hall–Kier alpha value is -3.34. The van der Waals surface area contributed by atoms with Crippen molar-refractivity contribution in [1.82, 2.24) is 29.3 Å². The van der Waals surface area contributed by atoms with Crippen LogP contribution in [0.2, 0.25) is 0 Å². The molecule has 2 aliphatic heterocycles. The minimum absolute atomic E-state index is 0.0284. The first kappa shape index (κ1) is 25.0. The predicted molar refractivity (Wildman–Crippen MR) is 143 cm³/mol. The van der Waals surface area contributed by atoms with E-state index in [1.54, 1.807) is 13.4 Å². The van der Waals surface area contributed by atoms with Gasteiger partial charge in [0.05, 0.1) is 19.1 Å². The van der Waals surface area contributed by atoms with Crippen LogP contribution < -0.4 is 9.64 Å². The number of fused-ring (bicyclic) bond motifs is 1. The molecule has 5 heterocycles. The Labute approximate surface area is 227 Å². The van der Waals surface area contributed by atoms with Crippen LogP contribution in [-0.4, -0.2) is 55.4 Å². The normalized spacial score (nSPS) is 18.9. The number of ether oxygens (including phenoxy) is 1. The molecule has 0 unspecified atom stereocenters. The summed E-state index contributed by atoms with van der Waals surface area (Å²) in [4.78, 5) is 16.0. The molecule has 4 aromatic rings. The standard InChI is InChI=1S/C27H28BrF2N7O/c1-17-15-36(16-31-17)23-8-7-22(32-26(23)38-2)24-33-25-19(4-3-11-37(25)34-24)20-14-18(5-6-21(20)28)35-12-9-27(29,30)10-13-35/h5-8,14-16,19H,3-4,9-13H2,1-2H3/t19-/m0/s1. The van der Waals surface area contributed by atoms with Gasteiger partial charge in [-0.15, -0.1) is 5.10 Å². The predicted octanol–water partition coefficient (Wildman–Crippen LogP) is 5.77. The summed E-state index contributed by atoms with van der Waals surface area (Å²) in [5.41, 5.74) is 4.38. The number of hydrogen-bond acceptors (Lipinski definition) is 6. The first-order valence-electron chi connectivity index (χ1n) is 12.7. The lowest BCUT2D eigenvalue weighted by Gasteiger charge is -2.34. The number of pyridine rings is 1. The average Bonchev–Trinajstić information content (AvgIpc) is 3.55. The van der Waals surface area contributed by atoms with Gasteiger partial charge in [0, 0.05) is 54.8 Å². The zero-order valence-corrected chi connectivity index (χ0v) is 22.8. The second-order valence-corrected chi connectivity index (χ2v) is 10.8. The summed E-state index contributed by atoms with van der Waals surface area (Å²) in [5, 5.41) is 4.80. The van der Waals surface area contributed by atoms with Gasteiger partial charge in [-0.25, -0.2) is 28.4 Å². The molecular weight excluding hydrogens is 556 g/mol. The van der Waals surface area contributed by atoms with Gasteiger partial charge in [-0.3, -0.25) is 0 Å². The lowest BCUT2D eigenvalue weighted by molar-refractivity contribution is -0.0220. The van der Waals surface area contributed by atoms with Gasteiger partial charge in [0.1, 0.15) is 17.2 Å². The molecule has 0 spiro atoms. The third kappa shape index (κ3) is 4.68. The van der Waals surface area contributed by atoms with E-state index in [1.807, 2.05) is 51.5 Å². The summed E-state index contributed by atoms with van der Waals surface area (Å²) in [6, 6.07) is 9.95. The number of rotatable bonds is 5. The summed E-state index contributed by atoms with van der Waals surface area (Å²) >= 11 is 3.73. The van der Waals surface area contributed by atoms with Gasteiger partial charge in [-0.1, -0.05) is 15.9 Å². The van der Waals surface area contributed by atoms with E-state index >= 15 is 0 Å². The maximum Gasteiger partial charge on any atom is 0.251 e. The van der Waals surface area contributed by atoms with Gasteiger partial charge >= 0.3 is 0 Å². The zero-order chi connectivity index (χ0) is 26.4. The van der Waals surface area contributed by atoms with Gasteiger partial charge in [0.25, 0.3) is 5.92 Å². The highest BCUT2D eigenvalue weighted by Crippen LogP contribution is 2.40. The number of benzene rings is 1. The second kappa shape index (κ2) is 9.76. The minimum atomic E-state index is -2.57. The Bertz CT molecular complexity index is 1470. The molecule has 6 rings (SSSR count). The van der Waals surface area contributed by atoms with Gasteiger partial charge in [0.15, 0.2) is 5.82 Å². The number of imidazole rings is 1.